The van der Waals surface area contributed by atoms with Gasteiger partial charge in [-0.15, -0.1) is 0 Å². The molecular weight excluding hydrogens is 226 g/mol. The fraction of sp³-hybridized carbons (Fsp3) is 0.500. The molecule has 0 fully saturated rings. The maximum Gasteiger partial charge on any atom is 0.221 e. The fourth-order valence-electron chi connectivity index (χ4n) is 1.54. The summed E-state index contributed by atoms with van der Waals surface area (Å²) in [6.07, 6.45) is 4.31. The molecule has 1 heterocycles. The van der Waals surface area contributed by atoms with Crippen LogP contribution in [0.25, 0.3) is 0 Å². The van der Waals surface area contributed by atoms with Gasteiger partial charge in [0.1, 0.15) is 5.54 Å². The lowest BCUT2D eigenvalue weighted by Crippen LogP contribution is -2.44. The molecule has 96 valence electrons. The highest BCUT2D eigenvalue weighted by molar-refractivity contribution is 5.77. The average Bonchev–Trinajstić information content (AvgIpc) is 2.40. The van der Waals surface area contributed by atoms with Gasteiger partial charge in [-0.3, -0.25) is 9.78 Å². The molecule has 0 aliphatic carbocycles. The van der Waals surface area contributed by atoms with Crippen LogP contribution in [0, 0.1) is 11.3 Å². The van der Waals surface area contributed by atoms with Gasteiger partial charge in [-0.1, -0.05) is 13.0 Å². The van der Waals surface area contributed by atoms with Crippen molar-refractivity contribution < 1.29 is 4.79 Å². The van der Waals surface area contributed by atoms with Crippen LogP contribution >= 0.6 is 0 Å². The van der Waals surface area contributed by atoms with E-state index in [4.69, 9.17) is 5.26 Å². The highest BCUT2D eigenvalue weighted by Gasteiger charge is 2.22. The predicted octanol–water partition coefficient (Wildman–Crippen LogP) is 2.21. The van der Waals surface area contributed by atoms with Gasteiger partial charge < -0.3 is 5.32 Å². The second kappa shape index (κ2) is 6.75. The molecule has 1 aromatic rings. The number of nitrogens with zero attached hydrogens (tertiary/aromatic N) is 2. The van der Waals surface area contributed by atoms with Crippen molar-refractivity contribution in [2.24, 2.45) is 0 Å². The first-order chi connectivity index (χ1) is 8.59. The molecule has 1 amide bonds. The normalized spacial score (nSPS) is 13.4. The number of nitrogens with one attached hydrogen (secondary N) is 1. The third-order valence-electron chi connectivity index (χ3n) is 2.93. The molecule has 1 N–H and O–H groups in total. The van der Waals surface area contributed by atoms with Crippen molar-refractivity contribution in [3.8, 4) is 6.07 Å². The molecule has 0 bridgehead atoms. The summed E-state index contributed by atoms with van der Waals surface area (Å²) in [5.74, 6) is -0.0724. The van der Waals surface area contributed by atoms with Crippen molar-refractivity contribution in [3.63, 3.8) is 0 Å². The second-order valence-corrected chi connectivity index (χ2v) is 4.52. The molecule has 1 aromatic heterocycles. The van der Waals surface area contributed by atoms with E-state index >= 15 is 0 Å². The highest BCUT2D eigenvalue weighted by Crippen LogP contribution is 2.08. The first-order valence-corrected chi connectivity index (χ1v) is 6.22. The van der Waals surface area contributed by atoms with E-state index in [1.165, 1.54) is 0 Å². The molecule has 0 radical (unpaired) electrons. The Hall–Kier alpha value is -1.89. The van der Waals surface area contributed by atoms with E-state index < -0.39 is 5.54 Å². The van der Waals surface area contributed by atoms with E-state index in [2.05, 4.69) is 16.4 Å². The number of aryl methyl sites for hydroxylation is 1. The Bertz CT molecular complexity index is 424. The maximum absolute atomic E-state index is 11.7. The molecule has 0 saturated heterocycles. The molecule has 4 nitrogen and oxygen atoms in total. The first-order valence-electron chi connectivity index (χ1n) is 6.22. The van der Waals surface area contributed by atoms with Gasteiger partial charge in [0, 0.05) is 18.3 Å². The van der Waals surface area contributed by atoms with E-state index in [1.54, 1.807) is 13.1 Å². The summed E-state index contributed by atoms with van der Waals surface area (Å²) < 4.78 is 0. The monoisotopic (exact) mass is 245 g/mol. The van der Waals surface area contributed by atoms with Crippen molar-refractivity contribution in [1.82, 2.24) is 10.3 Å². The van der Waals surface area contributed by atoms with Crippen molar-refractivity contribution in [2.45, 2.75) is 45.1 Å². The third kappa shape index (κ3) is 4.54. The lowest BCUT2D eigenvalue weighted by atomic mass is 10.0. The van der Waals surface area contributed by atoms with Crippen molar-refractivity contribution in [2.75, 3.05) is 0 Å². The summed E-state index contributed by atoms with van der Waals surface area (Å²) in [7, 11) is 0. The number of hydrogen-bond donors (Lipinski definition) is 1. The number of aromatic nitrogens is 1. The van der Waals surface area contributed by atoms with Crippen LogP contribution in [0.1, 0.15) is 38.8 Å². The van der Waals surface area contributed by atoms with E-state index in [0.717, 1.165) is 18.5 Å². The second-order valence-electron chi connectivity index (χ2n) is 4.52. The molecule has 0 spiro atoms. The highest BCUT2D eigenvalue weighted by atomic mass is 16.1. The van der Waals surface area contributed by atoms with Crippen LogP contribution in [0.15, 0.2) is 24.4 Å². The van der Waals surface area contributed by atoms with Crippen molar-refractivity contribution >= 4 is 5.91 Å². The Morgan fingerprint density at radius 3 is 2.89 bits per heavy atom. The van der Waals surface area contributed by atoms with Crippen LogP contribution in [-0.4, -0.2) is 16.4 Å². The Morgan fingerprint density at radius 2 is 2.33 bits per heavy atom. The largest absolute Gasteiger partial charge is 0.338 e. The maximum atomic E-state index is 11.7. The van der Waals surface area contributed by atoms with Crippen LogP contribution in [0.3, 0.4) is 0 Å². The fourth-order valence-corrected chi connectivity index (χ4v) is 1.54. The minimum Gasteiger partial charge on any atom is -0.338 e. The molecule has 0 aliphatic rings. The van der Waals surface area contributed by atoms with E-state index in [1.807, 2.05) is 25.1 Å². The van der Waals surface area contributed by atoms with Gasteiger partial charge in [-0.25, -0.2) is 0 Å². The number of amides is 1. The van der Waals surface area contributed by atoms with Crippen molar-refractivity contribution in [1.29, 1.82) is 5.26 Å². The molecule has 1 atom stereocenters. The van der Waals surface area contributed by atoms with Gasteiger partial charge in [0.25, 0.3) is 0 Å². The van der Waals surface area contributed by atoms with Crippen molar-refractivity contribution in [3.05, 3.63) is 30.1 Å². The Labute approximate surface area is 108 Å². The molecule has 0 saturated carbocycles. The summed E-state index contributed by atoms with van der Waals surface area (Å²) in [6, 6.07) is 7.88. The van der Waals surface area contributed by atoms with Crippen LogP contribution in [0.4, 0.5) is 0 Å². The van der Waals surface area contributed by atoms with Crippen LogP contribution in [-0.2, 0) is 11.2 Å². The number of nitriles is 1. The van der Waals surface area contributed by atoms with Crippen LogP contribution in [0.5, 0.6) is 0 Å². The first kappa shape index (κ1) is 14.2. The molecule has 18 heavy (non-hydrogen) atoms. The molecule has 0 unspecified atom stereocenters. The number of hydrogen-bond acceptors (Lipinski definition) is 3. The van der Waals surface area contributed by atoms with Crippen LogP contribution in [0.2, 0.25) is 0 Å². The topological polar surface area (TPSA) is 65.8 Å². The quantitative estimate of drug-likeness (QED) is 0.835. The van der Waals surface area contributed by atoms with E-state index in [9.17, 15) is 4.79 Å². The van der Waals surface area contributed by atoms with Crippen LogP contribution < -0.4 is 5.32 Å². The third-order valence-corrected chi connectivity index (χ3v) is 2.93. The summed E-state index contributed by atoms with van der Waals surface area (Å²) in [5.41, 5.74) is 0.242. The standard InChI is InChI=1S/C14H19N3O/c1-3-14(2,11-15)17-13(18)9-6-8-12-7-4-5-10-16-12/h4-5,7,10H,3,6,8-9H2,1-2H3,(H,17,18)/t14-/m0/s1. The zero-order valence-corrected chi connectivity index (χ0v) is 10.9. The number of carbonyl (C=O) groups excluding carboxylic acids is 1. The summed E-state index contributed by atoms with van der Waals surface area (Å²) in [4.78, 5) is 15.9. The van der Waals surface area contributed by atoms with Gasteiger partial charge in [0.2, 0.25) is 5.91 Å². The lowest BCUT2D eigenvalue weighted by Gasteiger charge is -2.21. The zero-order valence-electron chi connectivity index (χ0n) is 10.9. The summed E-state index contributed by atoms with van der Waals surface area (Å²) in [5, 5.41) is 11.7. The van der Waals surface area contributed by atoms with E-state index in [0.29, 0.717) is 12.8 Å². The van der Waals surface area contributed by atoms with Gasteiger partial charge in [0.15, 0.2) is 0 Å². The predicted molar refractivity (Wildman–Crippen MR) is 69.6 cm³/mol. The van der Waals surface area contributed by atoms with E-state index in [-0.39, 0.29) is 5.91 Å². The van der Waals surface area contributed by atoms with Gasteiger partial charge in [-0.05, 0) is 38.3 Å². The SMILES string of the molecule is CC[C@@](C)(C#N)NC(=O)CCCc1ccccn1. The minimum atomic E-state index is -0.748. The number of rotatable bonds is 6. The molecular formula is C14H19N3O. The van der Waals surface area contributed by atoms with Gasteiger partial charge >= 0.3 is 0 Å². The lowest BCUT2D eigenvalue weighted by molar-refractivity contribution is -0.122. The van der Waals surface area contributed by atoms with Gasteiger partial charge in [-0.2, -0.15) is 5.26 Å². The number of pyridine rings is 1. The smallest absolute Gasteiger partial charge is 0.221 e. The summed E-state index contributed by atoms with van der Waals surface area (Å²) in [6.45, 7) is 3.63. The Morgan fingerprint density at radius 1 is 1.56 bits per heavy atom. The molecule has 0 aliphatic heterocycles. The molecule has 1 rings (SSSR count). The summed E-state index contributed by atoms with van der Waals surface area (Å²) >= 11 is 0. The minimum absolute atomic E-state index is 0.0724. The Kier molecular flexibility index (Phi) is 5.31. The Balaban J connectivity index is 2.32. The average molecular weight is 245 g/mol. The molecule has 0 aromatic carbocycles. The zero-order chi connectivity index (χ0) is 13.4. The number of carbonyl (C=O) groups is 1. The molecule has 4 heteroatoms. The van der Waals surface area contributed by atoms with Gasteiger partial charge in [0.05, 0.1) is 6.07 Å².